The molecule has 0 saturated carbocycles. The lowest BCUT2D eigenvalue weighted by Gasteiger charge is -2.15. The number of hydrogen-bond donors (Lipinski definition) is 2. The number of hydrogen-bond acceptors (Lipinski definition) is 7. The molecule has 0 aliphatic heterocycles. The van der Waals surface area contributed by atoms with Crippen LogP contribution in [0.5, 0.6) is 0 Å². The number of pyridine rings is 1. The second kappa shape index (κ2) is 9.89. The van der Waals surface area contributed by atoms with Crippen molar-refractivity contribution in [3.05, 3.63) is 53.2 Å². The molecular weight excluding hydrogens is 434 g/mol. The van der Waals surface area contributed by atoms with Gasteiger partial charge in [0.05, 0.1) is 23.6 Å². The molecule has 164 valence electrons. The molecule has 2 amide bonds. The number of carbonyl (C=O) groups excluding carboxylic acids is 2. The molecule has 2 atom stereocenters. The Labute approximate surface area is 189 Å². The molecule has 1 aromatic carbocycles. The average molecular weight is 454 g/mol. The second-order valence-corrected chi connectivity index (χ2v) is 7.28. The van der Waals surface area contributed by atoms with Gasteiger partial charge in [0.2, 0.25) is 5.91 Å². The van der Waals surface area contributed by atoms with Gasteiger partial charge in [0.1, 0.15) is 12.0 Å². The molecule has 0 saturated heterocycles. The molecule has 2 N–H and O–H groups in total. The lowest BCUT2D eigenvalue weighted by atomic mass is 10.1. The summed E-state index contributed by atoms with van der Waals surface area (Å²) >= 11 is 6.16. The van der Waals surface area contributed by atoms with Gasteiger partial charge in [0.15, 0.2) is 11.5 Å². The second-order valence-electron chi connectivity index (χ2n) is 6.88. The maximum atomic E-state index is 12.5. The Hall–Kier alpha value is -3.97. The number of amides is 2. The highest BCUT2D eigenvalue weighted by Gasteiger charge is 2.20. The molecule has 0 radical (unpaired) electrons. The van der Waals surface area contributed by atoms with Crippen molar-refractivity contribution in [3.63, 3.8) is 0 Å². The number of rotatable bonds is 6. The van der Waals surface area contributed by atoms with Crippen molar-refractivity contribution in [1.82, 2.24) is 20.0 Å². The first-order valence-electron chi connectivity index (χ1n) is 9.58. The van der Waals surface area contributed by atoms with E-state index < -0.39 is 24.0 Å². The van der Waals surface area contributed by atoms with Crippen LogP contribution in [0.25, 0.3) is 11.4 Å². The van der Waals surface area contributed by atoms with E-state index in [1.807, 2.05) is 6.07 Å². The Morgan fingerprint density at radius 3 is 2.59 bits per heavy atom. The molecular formula is C21H20ClN7O3. The minimum Gasteiger partial charge on any atom is -0.441 e. The van der Waals surface area contributed by atoms with Crippen molar-refractivity contribution in [3.8, 4) is 17.5 Å². The summed E-state index contributed by atoms with van der Waals surface area (Å²) < 4.78 is 6.81. The molecule has 2 aromatic heterocycles. The number of halogens is 1. The standard InChI is InChI=1S/C21H20ClN7O3/c1-12(10-23)20(30)25-14-8-9-17(24-11-14)18-19(29(3)28-27-18)26-21(31)32-13(2)15-6-4-5-7-16(15)22/h4-9,11-13H,1-3H3,(H,25,30)(H,26,31)/t12?,13-/m1/s1. The molecule has 10 nitrogen and oxygen atoms in total. The highest BCUT2D eigenvalue weighted by atomic mass is 35.5. The number of nitrogens with zero attached hydrogens (tertiary/aromatic N) is 5. The summed E-state index contributed by atoms with van der Waals surface area (Å²) in [7, 11) is 1.61. The van der Waals surface area contributed by atoms with Gasteiger partial charge in [0.25, 0.3) is 0 Å². The average Bonchev–Trinajstić information content (AvgIpc) is 3.13. The van der Waals surface area contributed by atoms with Gasteiger partial charge in [-0.25, -0.2) is 9.48 Å². The number of aromatic nitrogens is 4. The van der Waals surface area contributed by atoms with Crippen molar-refractivity contribution in [2.75, 3.05) is 10.6 Å². The van der Waals surface area contributed by atoms with E-state index >= 15 is 0 Å². The fourth-order valence-corrected chi connectivity index (χ4v) is 3.03. The topological polar surface area (TPSA) is 135 Å². The Bertz CT molecular complexity index is 1170. The van der Waals surface area contributed by atoms with E-state index in [9.17, 15) is 9.59 Å². The summed E-state index contributed by atoms with van der Waals surface area (Å²) in [5.41, 5.74) is 1.84. The Kier molecular flexibility index (Phi) is 7.02. The summed E-state index contributed by atoms with van der Waals surface area (Å²) in [5, 5.41) is 22.5. The lowest BCUT2D eigenvalue weighted by molar-refractivity contribution is -0.117. The number of benzene rings is 1. The van der Waals surface area contributed by atoms with E-state index in [0.717, 1.165) is 0 Å². The van der Waals surface area contributed by atoms with Gasteiger partial charge in [-0.05, 0) is 32.0 Å². The first kappa shape index (κ1) is 22.7. The van der Waals surface area contributed by atoms with Crippen LogP contribution in [0.15, 0.2) is 42.6 Å². The summed E-state index contributed by atoms with van der Waals surface area (Å²) in [6, 6.07) is 12.2. The van der Waals surface area contributed by atoms with Gasteiger partial charge in [-0.15, -0.1) is 5.10 Å². The molecule has 1 unspecified atom stereocenters. The summed E-state index contributed by atoms with van der Waals surface area (Å²) in [4.78, 5) is 28.6. The number of nitrogens with one attached hydrogen (secondary N) is 2. The highest BCUT2D eigenvalue weighted by molar-refractivity contribution is 6.31. The van der Waals surface area contributed by atoms with E-state index in [4.69, 9.17) is 21.6 Å². The predicted octanol–water partition coefficient (Wildman–Crippen LogP) is 3.94. The normalized spacial score (nSPS) is 12.3. The largest absolute Gasteiger partial charge is 0.441 e. The minimum atomic E-state index is -0.787. The van der Waals surface area contributed by atoms with Gasteiger partial charge in [-0.1, -0.05) is 35.0 Å². The van der Waals surface area contributed by atoms with Gasteiger partial charge in [-0.3, -0.25) is 15.1 Å². The van der Waals surface area contributed by atoms with E-state index in [1.54, 1.807) is 50.4 Å². The zero-order chi connectivity index (χ0) is 23.3. The molecule has 0 fully saturated rings. The van der Waals surface area contributed by atoms with Gasteiger partial charge < -0.3 is 10.1 Å². The third kappa shape index (κ3) is 5.19. The fourth-order valence-electron chi connectivity index (χ4n) is 2.74. The number of anilines is 2. The van der Waals surface area contributed by atoms with Crippen LogP contribution in [0, 0.1) is 17.2 Å². The van der Waals surface area contributed by atoms with Crippen LogP contribution in [0.2, 0.25) is 5.02 Å². The Morgan fingerprint density at radius 2 is 1.94 bits per heavy atom. The number of nitriles is 1. The first-order chi connectivity index (χ1) is 15.3. The van der Waals surface area contributed by atoms with Gasteiger partial charge in [-0.2, -0.15) is 5.26 Å². The molecule has 11 heteroatoms. The van der Waals surface area contributed by atoms with Crippen LogP contribution in [0.1, 0.15) is 25.5 Å². The van der Waals surface area contributed by atoms with Crippen molar-refractivity contribution in [2.45, 2.75) is 20.0 Å². The minimum absolute atomic E-state index is 0.281. The quantitative estimate of drug-likeness (QED) is 0.577. The Morgan fingerprint density at radius 1 is 1.19 bits per heavy atom. The maximum absolute atomic E-state index is 12.5. The summed E-state index contributed by atoms with van der Waals surface area (Å²) in [6.07, 6.45) is 0.136. The number of ether oxygens (including phenoxy) is 1. The monoisotopic (exact) mass is 453 g/mol. The summed E-state index contributed by atoms with van der Waals surface area (Å²) in [5.74, 6) is -0.937. The summed E-state index contributed by atoms with van der Waals surface area (Å²) in [6.45, 7) is 3.21. The SMILES string of the molecule is CC(C#N)C(=O)Nc1ccc(-c2nnn(C)c2NC(=O)O[C@H](C)c2ccccc2Cl)nc1. The number of aryl methyl sites for hydroxylation is 1. The van der Waals surface area contributed by atoms with Crippen LogP contribution in [0.4, 0.5) is 16.3 Å². The molecule has 2 heterocycles. The number of carbonyl (C=O) groups is 2. The smallest absolute Gasteiger partial charge is 0.413 e. The molecule has 32 heavy (non-hydrogen) atoms. The van der Waals surface area contributed by atoms with E-state index in [0.29, 0.717) is 27.7 Å². The molecule has 0 aliphatic carbocycles. The van der Waals surface area contributed by atoms with Crippen molar-refractivity contribution >= 4 is 35.1 Å². The van der Waals surface area contributed by atoms with Crippen LogP contribution >= 0.6 is 11.6 Å². The third-order valence-corrected chi connectivity index (χ3v) is 4.88. The zero-order valence-electron chi connectivity index (χ0n) is 17.5. The highest BCUT2D eigenvalue weighted by Crippen LogP contribution is 2.27. The van der Waals surface area contributed by atoms with E-state index in [2.05, 4.69) is 25.9 Å². The van der Waals surface area contributed by atoms with Gasteiger partial charge in [0, 0.05) is 17.6 Å². The predicted molar refractivity (Wildman–Crippen MR) is 118 cm³/mol. The van der Waals surface area contributed by atoms with Crippen LogP contribution in [0.3, 0.4) is 0 Å². The van der Waals surface area contributed by atoms with Crippen molar-refractivity contribution in [1.29, 1.82) is 5.26 Å². The van der Waals surface area contributed by atoms with Crippen LogP contribution < -0.4 is 10.6 Å². The van der Waals surface area contributed by atoms with Crippen LogP contribution in [-0.2, 0) is 16.6 Å². The zero-order valence-corrected chi connectivity index (χ0v) is 18.3. The van der Waals surface area contributed by atoms with Crippen molar-refractivity contribution < 1.29 is 14.3 Å². The molecule has 0 bridgehead atoms. The van der Waals surface area contributed by atoms with Gasteiger partial charge >= 0.3 is 6.09 Å². The van der Waals surface area contributed by atoms with E-state index in [1.165, 1.54) is 17.8 Å². The van der Waals surface area contributed by atoms with E-state index in [-0.39, 0.29) is 5.82 Å². The Balaban J connectivity index is 1.72. The fraction of sp³-hybridized carbons (Fsp3) is 0.238. The molecule has 0 aliphatic rings. The molecule has 3 rings (SSSR count). The van der Waals surface area contributed by atoms with Crippen molar-refractivity contribution in [2.24, 2.45) is 13.0 Å². The maximum Gasteiger partial charge on any atom is 0.413 e. The third-order valence-electron chi connectivity index (χ3n) is 4.53. The molecule has 3 aromatic rings. The molecule has 0 spiro atoms. The lowest BCUT2D eigenvalue weighted by Crippen LogP contribution is -2.19. The van der Waals surface area contributed by atoms with Crippen LogP contribution in [-0.4, -0.2) is 32.0 Å². The first-order valence-corrected chi connectivity index (χ1v) is 9.96.